The van der Waals surface area contributed by atoms with Gasteiger partial charge in [0.05, 0.1) is 0 Å². The molecule has 3 aliphatic rings. The van der Waals surface area contributed by atoms with Gasteiger partial charge in [-0.05, 0) is 36.6 Å². The summed E-state index contributed by atoms with van der Waals surface area (Å²) < 4.78 is 7.98. The van der Waals surface area contributed by atoms with Crippen molar-refractivity contribution in [3.63, 3.8) is 0 Å². The van der Waals surface area contributed by atoms with Gasteiger partial charge in [-0.15, -0.1) is 11.8 Å². The molecule has 3 aliphatic heterocycles. The van der Waals surface area contributed by atoms with Crippen LogP contribution < -0.4 is 15.2 Å². The van der Waals surface area contributed by atoms with E-state index in [1.807, 2.05) is 36.4 Å². The fourth-order valence-corrected chi connectivity index (χ4v) is 6.52. The molecule has 7 nitrogen and oxygen atoms in total. The maximum Gasteiger partial charge on any atom is 0.277 e. The van der Waals surface area contributed by atoms with Crippen LogP contribution in [-0.4, -0.2) is 40.4 Å². The minimum absolute atomic E-state index is 0.0136. The summed E-state index contributed by atoms with van der Waals surface area (Å²) in [6.07, 6.45) is 6.20. The largest absolute Gasteiger partial charge is 0.502 e. The monoisotopic (exact) mass is 487 g/mol. The number of rotatable bonds is 0. The second-order valence-corrected chi connectivity index (χ2v) is 10.1. The first kappa shape index (κ1) is 21.9. The highest BCUT2D eigenvalue weighted by Crippen LogP contribution is 2.49. The number of benzene rings is 2. The molecule has 35 heavy (non-hydrogen) atoms. The Hall–Kier alpha value is -3.65. The Balaban J connectivity index is 1.72. The van der Waals surface area contributed by atoms with E-state index in [4.69, 9.17) is 4.74 Å². The number of hydrogen-bond acceptors (Lipinski definition) is 6. The molecule has 0 saturated carbocycles. The molecule has 1 atom stereocenters. The number of ether oxygens (including phenoxy) is 1. The van der Waals surface area contributed by atoms with Crippen LogP contribution in [0.1, 0.15) is 40.5 Å². The van der Waals surface area contributed by atoms with Crippen molar-refractivity contribution in [3.05, 3.63) is 99.5 Å². The molecule has 3 aromatic rings. The molecule has 2 aromatic carbocycles. The zero-order valence-corrected chi connectivity index (χ0v) is 20.1. The third-order valence-corrected chi connectivity index (χ3v) is 8.21. The Morgan fingerprint density at radius 1 is 1.06 bits per heavy atom. The third-order valence-electron chi connectivity index (χ3n) is 7.09. The standard InChI is InChI=1S/C27H25N3O4S/c1-27-19-9-3-4-11-22(19)35-16-18-8-7-10-21(23(18)27)34-15-6-2-5-13-28-17-30(27)29-14-12-20(31)25(32)24(29)26(28)33/h2-4,6-12,14,32H,5,13,15-17H2,1H3/b6-2-/t27-/m1/s1. The van der Waals surface area contributed by atoms with Crippen LogP contribution in [0.15, 0.2) is 76.6 Å². The molecular formula is C27H25N3O4S. The molecule has 1 N–H and O–H groups in total. The summed E-state index contributed by atoms with van der Waals surface area (Å²) in [5.74, 6) is 0.669. The summed E-state index contributed by atoms with van der Waals surface area (Å²) >= 11 is 1.77. The van der Waals surface area contributed by atoms with E-state index in [1.165, 1.54) is 6.07 Å². The molecule has 4 heterocycles. The van der Waals surface area contributed by atoms with Crippen molar-refractivity contribution >= 4 is 17.7 Å². The van der Waals surface area contributed by atoms with E-state index in [0.29, 0.717) is 19.6 Å². The smallest absolute Gasteiger partial charge is 0.277 e. The second-order valence-electron chi connectivity index (χ2n) is 9.05. The minimum Gasteiger partial charge on any atom is -0.502 e. The Labute approximate surface area is 207 Å². The fraction of sp³-hybridized carbons (Fsp3) is 0.259. The molecule has 0 saturated heterocycles. The number of aromatic hydroxyl groups is 1. The Bertz CT molecular complexity index is 1430. The SMILES string of the molecule is C[C@@]12c3ccccc3SCc3cccc(c31)OC/C=C\CCN1CN2n2ccc(=O)c(O)c2C1=O. The minimum atomic E-state index is -0.774. The molecule has 0 fully saturated rings. The number of hydrogen-bond donors (Lipinski definition) is 1. The number of nitrogens with zero attached hydrogens (tertiary/aromatic N) is 3. The summed E-state index contributed by atoms with van der Waals surface area (Å²) in [6, 6.07) is 15.7. The van der Waals surface area contributed by atoms with Gasteiger partial charge in [-0.1, -0.05) is 42.5 Å². The van der Waals surface area contributed by atoms with Crippen LogP contribution in [0, 0.1) is 0 Å². The fourth-order valence-electron chi connectivity index (χ4n) is 5.37. The van der Waals surface area contributed by atoms with Gasteiger partial charge in [0.2, 0.25) is 5.43 Å². The lowest BCUT2D eigenvalue weighted by Crippen LogP contribution is -2.62. The molecule has 178 valence electrons. The maximum absolute atomic E-state index is 13.5. The van der Waals surface area contributed by atoms with E-state index < -0.39 is 16.7 Å². The van der Waals surface area contributed by atoms with E-state index in [1.54, 1.807) is 27.5 Å². The van der Waals surface area contributed by atoms with Gasteiger partial charge >= 0.3 is 0 Å². The first-order valence-electron chi connectivity index (χ1n) is 11.6. The number of carbonyl (C=O) groups is 1. The van der Waals surface area contributed by atoms with Crippen LogP contribution in [-0.2, 0) is 11.3 Å². The van der Waals surface area contributed by atoms with Crippen molar-refractivity contribution in [1.82, 2.24) is 9.58 Å². The highest BCUT2D eigenvalue weighted by molar-refractivity contribution is 7.98. The van der Waals surface area contributed by atoms with Crippen molar-refractivity contribution in [2.45, 2.75) is 29.5 Å². The van der Waals surface area contributed by atoms with Crippen molar-refractivity contribution < 1.29 is 14.6 Å². The van der Waals surface area contributed by atoms with Crippen LogP contribution in [0.2, 0.25) is 0 Å². The second kappa shape index (κ2) is 8.23. The summed E-state index contributed by atoms with van der Waals surface area (Å²) in [4.78, 5) is 28.7. The molecule has 0 aliphatic carbocycles. The first-order chi connectivity index (χ1) is 17.0. The summed E-state index contributed by atoms with van der Waals surface area (Å²) in [5.41, 5.74) is 1.88. The quantitative estimate of drug-likeness (QED) is 0.486. The molecule has 1 amide bonds. The molecular weight excluding hydrogens is 462 g/mol. The van der Waals surface area contributed by atoms with Gasteiger partial charge in [0.15, 0.2) is 11.4 Å². The van der Waals surface area contributed by atoms with Gasteiger partial charge in [-0.2, -0.15) is 0 Å². The highest BCUT2D eigenvalue weighted by atomic mass is 32.2. The Morgan fingerprint density at radius 2 is 1.91 bits per heavy atom. The third kappa shape index (κ3) is 3.27. The predicted molar refractivity (Wildman–Crippen MR) is 135 cm³/mol. The number of fused-ring (bicyclic) bond motifs is 7. The van der Waals surface area contributed by atoms with Gasteiger partial charge in [-0.3, -0.25) is 19.3 Å². The molecule has 1 aromatic heterocycles. The first-order valence-corrected chi connectivity index (χ1v) is 12.6. The van der Waals surface area contributed by atoms with Crippen molar-refractivity contribution in [2.75, 3.05) is 24.8 Å². The van der Waals surface area contributed by atoms with Crippen LogP contribution in [0.4, 0.5) is 0 Å². The molecule has 6 rings (SSSR count). The molecule has 0 radical (unpaired) electrons. The Kier molecular flexibility index (Phi) is 5.14. The van der Waals surface area contributed by atoms with Gasteiger partial charge in [0, 0.05) is 35.0 Å². The summed E-state index contributed by atoms with van der Waals surface area (Å²) in [5, 5.41) is 12.8. The van der Waals surface area contributed by atoms with E-state index in [2.05, 4.69) is 30.1 Å². The number of carbonyl (C=O) groups excluding carboxylic acids is 1. The molecule has 0 spiro atoms. The lowest BCUT2D eigenvalue weighted by Gasteiger charge is -2.50. The van der Waals surface area contributed by atoms with Gasteiger partial charge in [-0.25, -0.2) is 0 Å². The number of thioether (sulfide) groups is 1. The summed E-state index contributed by atoms with van der Waals surface area (Å²) in [6.45, 7) is 3.30. The van der Waals surface area contributed by atoms with Gasteiger partial charge in [0.25, 0.3) is 5.91 Å². The van der Waals surface area contributed by atoms with Crippen LogP contribution >= 0.6 is 11.8 Å². The van der Waals surface area contributed by atoms with Crippen LogP contribution in [0.5, 0.6) is 11.5 Å². The topological polar surface area (TPSA) is 75.0 Å². The molecule has 8 heteroatoms. The van der Waals surface area contributed by atoms with E-state index in [-0.39, 0.29) is 18.3 Å². The number of aromatic nitrogens is 1. The van der Waals surface area contributed by atoms with Crippen molar-refractivity contribution in [1.29, 1.82) is 0 Å². The normalized spacial score (nSPS) is 21.9. The van der Waals surface area contributed by atoms with Gasteiger partial charge < -0.3 is 14.7 Å². The van der Waals surface area contributed by atoms with E-state index in [0.717, 1.165) is 33.1 Å². The summed E-state index contributed by atoms with van der Waals surface area (Å²) in [7, 11) is 0. The van der Waals surface area contributed by atoms with Crippen LogP contribution in [0.3, 0.4) is 0 Å². The zero-order chi connectivity index (χ0) is 24.2. The van der Waals surface area contributed by atoms with Crippen molar-refractivity contribution in [2.24, 2.45) is 0 Å². The van der Waals surface area contributed by atoms with Gasteiger partial charge in [0.1, 0.15) is 24.6 Å². The lowest BCUT2D eigenvalue weighted by molar-refractivity contribution is 0.0664. The molecule has 2 bridgehead atoms. The number of amides is 1. The lowest BCUT2D eigenvalue weighted by atomic mass is 9.80. The predicted octanol–water partition coefficient (Wildman–Crippen LogP) is 3.81. The molecule has 0 unspecified atom stereocenters. The van der Waals surface area contributed by atoms with Crippen molar-refractivity contribution in [3.8, 4) is 11.5 Å². The van der Waals surface area contributed by atoms with E-state index in [9.17, 15) is 14.7 Å². The number of pyridine rings is 1. The average molecular weight is 488 g/mol. The Morgan fingerprint density at radius 3 is 2.80 bits per heavy atom. The average Bonchev–Trinajstić information content (AvgIpc) is 2.99. The van der Waals surface area contributed by atoms with E-state index >= 15 is 0 Å². The highest BCUT2D eigenvalue weighted by Gasteiger charge is 2.47. The van der Waals surface area contributed by atoms with Crippen LogP contribution in [0.25, 0.3) is 0 Å². The zero-order valence-electron chi connectivity index (χ0n) is 19.3. The maximum atomic E-state index is 13.5.